The maximum absolute atomic E-state index is 13.7. The van der Waals surface area contributed by atoms with Crippen LogP contribution in [0.1, 0.15) is 68.4 Å². The number of aryl methyl sites for hydroxylation is 1. The number of rotatable bonds is 4. The van der Waals surface area contributed by atoms with E-state index in [4.69, 9.17) is 4.74 Å². The number of amides is 1. The number of alkyl halides is 3. The molecule has 0 bridgehead atoms. The van der Waals surface area contributed by atoms with Crippen LogP contribution in [0.25, 0.3) is 0 Å². The van der Waals surface area contributed by atoms with Gasteiger partial charge >= 0.3 is 6.18 Å². The number of fused-ring (bicyclic) bond motifs is 1. The fourth-order valence-electron chi connectivity index (χ4n) is 5.48. The van der Waals surface area contributed by atoms with Crippen LogP contribution >= 0.6 is 0 Å². The van der Waals surface area contributed by atoms with Crippen LogP contribution in [0.4, 0.5) is 17.6 Å². The lowest BCUT2D eigenvalue weighted by atomic mass is 9.69. The highest BCUT2D eigenvalue weighted by Crippen LogP contribution is 2.49. The molecule has 0 saturated carbocycles. The van der Waals surface area contributed by atoms with Gasteiger partial charge in [0.1, 0.15) is 5.82 Å². The summed E-state index contributed by atoms with van der Waals surface area (Å²) < 4.78 is 60.2. The number of hydrogen-bond donors (Lipinski definition) is 0. The van der Waals surface area contributed by atoms with Gasteiger partial charge in [0.25, 0.3) is 0 Å². The van der Waals surface area contributed by atoms with Crippen molar-refractivity contribution in [1.82, 2.24) is 4.90 Å². The normalized spacial score (nSPS) is 27.6. The summed E-state index contributed by atoms with van der Waals surface area (Å²) in [5.74, 6) is -0.648. The summed E-state index contributed by atoms with van der Waals surface area (Å²) in [6, 6.07) is 10.1. The van der Waals surface area contributed by atoms with E-state index >= 15 is 0 Å². The fraction of sp³-hybridized carbons (Fsp3) is 0.519. The Labute approximate surface area is 198 Å². The topological polar surface area (TPSA) is 29.5 Å². The minimum Gasteiger partial charge on any atom is -0.368 e. The Hall–Kier alpha value is -2.41. The van der Waals surface area contributed by atoms with Gasteiger partial charge in [-0.05, 0) is 61.1 Å². The average molecular weight is 478 g/mol. The van der Waals surface area contributed by atoms with Crippen LogP contribution in [0.5, 0.6) is 0 Å². The summed E-state index contributed by atoms with van der Waals surface area (Å²) in [5, 5.41) is 0. The van der Waals surface area contributed by atoms with Gasteiger partial charge in [0.05, 0.1) is 17.8 Å². The first kappa shape index (κ1) is 24.7. The maximum Gasteiger partial charge on any atom is 0.416 e. The van der Waals surface area contributed by atoms with E-state index in [1.165, 1.54) is 12.1 Å². The van der Waals surface area contributed by atoms with Gasteiger partial charge in [-0.2, -0.15) is 13.2 Å². The van der Waals surface area contributed by atoms with Crippen LogP contribution < -0.4 is 0 Å². The predicted octanol–water partition coefficient (Wildman–Crippen LogP) is 6.66. The molecule has 5 atom stereocenters. The number of nitrogens with zero attached hydrogens (tertiary/aromatic N) is 1. The second kappa shape index (κ2) is 8.67. The molecule has 2 heterocycles. The molecular formula is C27H31F4NO2. The molecule has 4 rings (SSSR count). The van der Waals surface area contributed by atoms with Crippen molar-refractivity contribution in [3.05, 3.63) is 70.5 Å². The summed E-state index contributed by atoms with van der Waals surface area (Å²) in [4.78, 5) is 15.1. The molecule has 7 heteroatoms. The van der Waals surface area contributed by atoms with Crippen LogP contribution in [0.3, 0.4) is 0 Å². The molecule has 0 aliphatic carbocycles. The first-order chi connectivity index (χ1) is 15.8. The van der Waals surface area contributed by atoms with Gasteiger partial charge in [0, 0.05) is 24.4 Å². The van der Waals surface area contributed by atoms with E-state index in [2.05, 4.69) is 13.8 Å². The molecule has 0 N–H and O–H groups in total. The molecule has 2 fully saturated rings. The lowest BCUT2D eigenvalue weighted by Gasteiger charge is -2.45. The highest BCUT2D eigenvalue weighted by Gasteiger charge is 2.53. The van der Waals surface area contributed by atoms with E-state index in [0.717, 1.165) is 24.1 Å². The Morgan fingerprint density at radius 3 is 2.38 bits per heavy atom. The van der Waals surface area contributed by atoms with Crippen molar-refractivity contribution >= 4 is 5.91 Å². The largest absolute Gasteiger partial charge is 0.416 e. The molecule has 2 aliphatic rings. The van der Waals surface area contributed by atoms with Crippen molar-refractivity contribution in [3.63, 3.8) is 0 Å². The van der Waals surface area contributed by atoms with Crippen molar-refractivity contribution in [2.45, 2.75) is 71.4 Å². The van der Waals surface area contributed by atoms with Crippen molar-refractivity contribution in [1.29, 1.82) is 0 Å². The van der Waals surface area contributed by atoms with E-state index < -0.39 is 23.9 Å². The zero-order valence-corrected chi connectivity index (χ0v) is 20.1. The van der Waals surface area contributed by atoms with Crippen molar-refractivity contribution < 1.29 is 27.1 Å². The zero-order chi connectivity index (χ0) is 25.0. The first-order valence-electron chi connectivity index (χ1n) is 11.7. The van der Waals surface area contributed by atoms with Crippen LogP contribution in [0.15, 0.2) is 42.5 Å². The summed E-state index contributed by atoms with van der Waals surface area (Å²) in [6.45, 7) is 9.82. The molecule has 1 amide bonds. The Bertz CT molecular complexity index is 1060. The molecule has 2 aromatic carbocycles. The molecule has 3 nitrogen and oxygen atoms in total. The molecule has 184 valence electrons. The van der Waals surface area contributed by atoms with E-state index in [0.29, 0.717) is 17.7 Å². The average Bonchev–Trinajstić information content (AvgIpc) is 3.08. The summed E-state index contributed by atoms with van der Waals surface area (Å²) >= 11 is 0. The van der Waals surface area contributed by atoms with Crippen LogP contribution in [-0.2, 0) is 15.7 Å². The molecular weight excluding hydrogens is 446 g/mol. The second-order valence-electron chi connectivity index (χ2n) is 10.5. The molecule has 2 aliphatic heterocycles. The third-order valence-electron chi connectivity index (χ3n) is 7.68. The molecule has 0 aromatic heterocycles. The van der Waals surface area contributed by atoms with Gasteiger partial charge in [-0.15, -0.1) is 0 Å². The summed E-state index contributed by atoms with van der Waals surface area (Å²) in [7, 11) is 0. The summed E-state index contributed by atoms with van der Waals surface area (Å²) in [6.07, 6.45) is -4.72. The van der Waals surface area contributed by atoms with E-state index in [-0.39, 0.29) is 35.0 Å². The number of carbonyl (C=O) groups is 1. The highest BCUT2D eigenvalue weighted by molar-refractivity contribution is 5.81. The van der Waals surface area contributed by atoms with Gasteiger partial charge in [0.15, 0.2) is 0 Å². The number of benzene rings is 2. The van der Waals surface area contributed by atoms with Gasteiger partial charge in [-0.3, -0.25) is 4.79 Å². The molecule has 3 unspecified atom stereocenters. The minimum absolute atomic E-state index is 0.0574. The Kier molecular flexibility index (Phi) is 6.30. The first-order valence-corrected chi connectivity index (χ1v) is 11.7. The molecule has 2 saturated heterocycles. The second-order valence-corrected chi connectivity index (χ2v) is 10.5. The third-order valence-corrected chi connectivity index (χ3v) is 7.68. The number of carbonyl (C=O) groups excluding carboxylic acids is 1. The van der Waals surface area contributed by atoms with Crippen molar-refractivity contribution in [2.75, 3.05) is 6.54 Å². The predicted molar refractivity (Wildman–Crippen MR) is 122 cm³/mol. The standard InChI is InChI=1S/C27H31F4NO2/c1-15-10-19(12-20(11-15)27(29,30)31)17(3)34-23-14-32-22(13-26(4,5)16(2)25(32)33)24(23)18-6-8-21(28)9-7-18/h6-12,16-17,22-24H,13-14H2,1-5H3/t16?,17-,22?,23+,24?/m1/s1. The van der Waals surface area contributed by atoms with Crippen LogP contribution in [-0.4, -0.2) is 29.5 Å². The van der Waals surface area contributed by atoms with E-state index in [9.17, 15) is 22.4 Å². The van der Waals surface area contributed by atoms with E-state index in [1.807, 2.05) is 11.8 Å². The van der Waals surface area contributed by atoms with Gasteiger partial charge < -0.3 is 9.64 Å². The third kappa shape index (κ3) is 4.59. The lowest BCUT2D eigenvalue weighted by molar-refractivity contribution is -0.146. The highest BCUT2D eigenvalue weighted by atomic mass is 19.4. The fourth-order valence-corrected chi connectivity index (χ4v) is 5.48. The minimum atomic E-state index is -4.45. The SMILES string of the molecule is Cc1cc([C@@H](C)O[C@H]2CN3C(=O)C(C)C(C)(C)CC3C2c2ccc(F)cc2)cc(C(F)(F)F)c1. The van der Waals surface area contributed by atoms with Gasteiger partial charge in [-0.25, -0.2) is 4.39 Å². The van der Waals surface area contributed by atoms with Gasteiger partial charge in [0.2, 0.25) is 5.91 Å². The smallest absolute Gasteiger partial charge is 0.368 e. The molecule has 0 radical (unpaired) electrons. The van der Waals surface area contributed by atoms with Crippen molar-refractivity contribution in [2.24, 2.45) is 11.3 Å². The summed E-state index contributed by atoms with van der Waals surface area (Å²) in [5.41, 5.74) is 0.891. The molecule has 2 aromatic rings. The Balaban J connectivity index is 1.68. The van der Waals surface area contributed by atoms with Crippen molar-refractivity contribution in [3.8, 4) is 0 Å². The monoisotopic (exact) mass is 477 g/mol. The zero-order valence-electron chi connectivity index (χ0n) is 20.1. The number of piperidine rings is 1. The molecule has 0 spiro atoms. The Morgan fingerprint density at radius 2 is 1.76 bits per heavy atom. The van der Waals surface area contributed by atoms with Gasteiger partial charge in [-0.1, -0.05) is 44.5 Å². The number of hydrogen-bond acceptors (Lipinski definition) is 2. The number of ether oxygens (including phenoxy) is 1. The Morgan fingerprint density at radius 1 is 1.12 bits per heavy atom. The quantitative estimate of drug-likeness (QED) is 0.461. The number of halogens is 4. The van der Waals surface area contributed by atoms with Crippen LogP contribution in [0, 0.1) is 24.1 Å². The van der Waals surface area contributed by atoms with E-state index in [1.54, 1.807) is 32.0 Å². The molecule has 34 heavy (non-hydrogen) atoms. The maximum atomic E-state index is 13.7. The lowest BCUT2D eigenvalue weighted by Crippen LogP contribution is -2.52. The van der Waals surface area contributed by atoms with Crippen LogP contribution in [0.2, 0.25) is 0 Å².